The van der Waals surface area contributed by atoms with Crippen LogP contribution in [0.2, 0.25) is 5.02 Å². The average Bonchev–Trinajstić information content (AvgIpc) is 2.17. The monoisotopic (exact) mass is 226 g/mol. The van der Waals surface area contributed by atoms with Crippen LogP contribution < -0.4 is 5.73 Å². The standard InChI is InChI=1S/C10H11ClN2S/c1-2-13-10(12)14-7-8-3-5-9(11)6-4-8/h2-6H,1,7H2,(H2,12,13). The molecule has 2 N–H and O–H groups in total. The fraction of sp³-hybridized carbons (Fsp3) is 0.100. The van der Waals surface area contributed by atoms with Crippen LogP contribution in [0.25, 0.3) is 0 Å². The Kier molecular flexibility index (Phi) is 4.56. The molecule has 0 atom stereocenters. The number of hydrogen-bond donors (Lipinski definition) is 1. The van der Waals surface area contributed by atoms with Crippen molar-refractivity contribution in [1.29, 1.82) is 0 Å². The molecule has 0 heterocycles. The van der Waals surface area contributed by atoms with Gasteiger partial charge in [-0.05, 0) is 17.7 Å². The number of hydrogen-bond acceptors (Lipinski definition) is 2. The Balaban J connectivity index is 2.49. The van der Waals surface area contributed by atoms with Crippen molar-refractivity contribution in [3.8, 4) is 0 Å². The van der Waals surface area contributed by atoms with Crippen LogP contribution in [0.1, 0.15) is 5.56 Å². The molecule has 0 saturated carbocycles. The maximum absolute atomic E-state index is 5.76. The first-order chi connectivity index (χ1) is 6.72. The van der Waals surface area contributed by atoms with E-state index in [0.717, 1.165) is 10.8 Å². The Hall–Kier alpha value is -0.930. The Bertz CT molecular complexity index is 332. The average molecular weight is 227 g/mol. The molecule has 0 radical (unpaired) electrons. The zero-order chi connectivity index (χ0) is 10.4. The minimum atomic E-state index is 0.523. The van der Waals surface area contributed by atoms with E-state index < -0.39 is 0 Å². The molecule has 0 amide bonds. The van der Waals surface area contributed by atoms with E-state index in [4.69, 9.17) is 17.3 Å². The van der Waals surface area contributed by atoms with Gasteiger partial charge in [0.2, 0.25) is 0 Å². The molecule has 2 nitrogen and oxygen atoms in total. The van der Waals surface area contributed by atoms with E-state index >= 15 is 0 Å². The summed E-state index contributed by atoms with van der Waals surface area (Å²) in [6.45, 7) is 3.47. The van der Waals surface area contributed by atoms with Gasteiger partial charge in [-0.25, -0.2) is 4.99 Å². The molecule has 0 bridgehead atoms. The largest absolute Gasteiger partial charge is 0.378 e. The van der Waals surface area contributed by atoms with Crippen molar-refractivity contribution in [2.45, 2.75) is 5.75 Å². The third kappa shape index (κ3) is 3.85. The number of benzene rings is 1. The molecule has 0 aliphatic carbocycles. The van der Waals surface area contributed by atoms with Crippen molar-refractivity contribution in [3.05, 3.63) is 47.6 Å². The fourth-order valence-electron chi connectivity index (χ4n) is 0.865. The maximum atomic E-state index is 5.76. The molecule has 1 rings (SSSR count). The maximum Gasteiger partial charge on any atom is 0.158 e. The van der Waals surface area contributed by atoms with Crippen LogP contribution in [0, 0.1) is 0 Å². The van der Waals surface area contributed by atoms with Gasteiger partial charge in [0.25, 0.3) is 0 Å². The van der Waals surface area contributed by atoms with Gasteiger partial charge in [0.1, 0.15) is 0 Å². The molecule has 0 aromatic heterocycles. The van der Waals surface area contributed by atoms with Crippen molar-refractivity contribution in [3.63, 3.8) is 0 Å². The van der Waals surface area contributed by atoms with Crippen LogP contribution in [-0.4, -0.2) is 5.17 Å². The highest BCUT2D eigenvalue weighted by atomic mass is 35.5. The number of thioether (sulfide) groups is 1. The van der Waals surface area contributed by atoms with Crippen molar-refractivity contribution < 1.29 is 0 Å². The van der Waals surface area contributed by atoms with Crippen LogP contribution in [0.4, 0.5) is 0 Å². The Morgan fingerprint density at radius 2 is 2.14 bits per heavy atom. The Labute approximate surface area is 92.9 Å². The van der Waals surface area contributed by atoms with Gasteiger partial charge in [-0.3, -0.25) is 0 Å². The van der Waals surface area contributed by atoms with Crippen molar-refractivity contribution in [1.82, 2.24) is 0 Å². The number of nitrogens with two attached hydrogens (primary N) is 1. The van der Waals surface area contributed by atoms with Gasteiger partial charge in [-0.15, -0.1) is 0 Å². The highest BCUT2D eigenvalue weighted by Gasteiger charge is 1.96. The number of nitrogens with zero attached hydrogens (tertiary/aromatic N) is 1. The van der Waals surface area contributed by atoms with Crippen molar-refractivity contribution in [2.75, 3.05) is 0 Å². The molecule has 0 saturated heterocycles. The minimum absolute atomic E-state index is 0.523. The summed E-state index contributed by atoms with van der Waals surface area (Å²) in [5.74, 6) is 0.792. The van der Waals surface area contributed by atoms with Gasteiger partial charge in [0.05, 0.1) is 0 Å². The molecule has 0 unspecified atom stereocenters. The zero-order valence-corrected chi connectivity index (χ0v) is 9.18. The highest BCUT2D eigenvalue weighted by Crippen LogP contribution is 2.15. The first-order valence-electron chi connectivity index (χ1n) is 4.04. The number of aliphatic imine (C=N–C) groups is 1. The Morgan fingerprint density at radius 1 is 1.50 bits per heavy atom. The smallest absolute Gasteiger partial charge is 0.158 e. The summed E-state index contributed by atoms with van der Waals surface area (Å²) in [7, 11) is 0. The summed E-state index contributed by atoms with van der Waals surface area (Å²) >= 11 is 7.23. The third-order valence-corrected chi connectivity index (χ3v) is 2.65. The minimum Gasteiger partial charge on any atom is -0.378 e. The molecule has 74 valence electrons. The van der Waals surface area contributed by atoms with Gasteiger partial charge in [-0.2, -0.15) is 0 Å². The quantitative estimate of drug-likeness (QED) is 0.636. The van der Waals surface area contributed by atoms with E-state index in [1.165, 1.54) is 23.5 Å². The van der Waals surface area contributed by atoms with Gasteiger partial charge in [0, 0.05) is 17.0 Å². The molecular weight excluding hydrogens is 216 g/mol. The van der Waals surface area contributed by atoms with E-state index in [1.807, 2.05) is 24.3 Å². The first kappa shape index (κ1) is 11.1. The van der Waals surface area contributed by atoms with E-state index in [9.17, 15) is 0 Å². The van der Waals surface area contributed by atoms with Gasteiger partial charge >= 0.3 is 0 Å². The van der Waals surface area contributed by atoms with E-state index in [0.29, 0.717) is 5.17 Å². The van der Waals surface area contributed by atoms with Crippen molar-refractivity contribution in [2.24, 2.45) is 10.7 Å². The molecule has 4 heteroatoms. The Morgan fingerprint density at radius 3 is 2.71 bits per heavy atom. The molecular formula is C10H11ClN2S. The normalized spacial score (nSPS) is 11.4. The summed E-state index contributed by atoms with van der Waals surface area (Å²) in [4.78, 5) is 3.85. The topological polar surface area (TPSA) is 38.4 Å². The highest BCUT2D eigenvalue weighted by molar-refractivity contribution is 8.13. The zero-order valence-electron chi connectivity index (χ0n) is 7.61. The SMILES string of the molecule is C=CN=C(N)SCc1ccc(Cl)cc1. The molecule has 1 aromatic rings. The van der Waals surface area contributed by atoms with E-state index in [1.54, 1.807) is 0 Å². The van der Waals surface area contributed by atoms with Crippen LogP contribution in [0.5, 0.6) is 0 Å². The van der Waals surface area contributed by atoms with Crippen molar-refractivity contribution >= 4 is 28.5 Å². The summed E-state index contributed by atoms with van der Waals surface area (Å²) in [5, 5.41) is 1.27. The second-order valence-corrected chi connectivity index (χ2v) is 4.00. The second-order valence-electron chi connectivity index (χ2n) is 2.57. The van der Waals surface area contributed by atoms with E-state index in [2.05, 4.69) is 11.6 Å². The third-order valence-electron chi connectivity index (χ3n) is 1.52. The molecule has 0 aliphatic rings. The van der Waals surface area contributed by atoms with Gasteiger partial charge in [-0.1, -0.05) is 42.1 Å². The second kappa shape index (κ2) is 5.73. The summed E-state index contributed by atoms with van der Waals surface area (Å²) < 4.78 is 0. The molecule has 1 aromatic carbocycles. The molecule has 0 aliphatic heterocycles. The predicted molar refractivity (Wildman–Crippen MR) is 64.6 cm³/mol. The van der Waals surface area contributed by atoms with Crippen LogP contribution in [0.15, 0.2) is 42.0 Å². The molecule has 0 spiro atoms. The lowest BCUT2D eigenvalue weighted by atomic mass is 10.2. The van der Waals surface area contributed by atoms with Crippen LogP contribution in [-0.2, 0) is 5.75 Å². The van der Waals surface area contributed by atoms with Gasteiger partial charge < -0.3 is 5.73 Å². The van der Waals surface area contributed by atoms with E-state index in [-0.39, 0.29) is 0 Å². The predicted octanol–water partition coefficient (Wildman–Crippen LogP) is 3.03. The van der Waals surface area contributed by atoms with Gasteiger partial charge in [0.15, 0.2) is 5.17 Å². The lowest BCUT2D eigenvalue weighted by Gasteiger charge is -2.00. The number of rotatable bonds is 3. The molecule has 14 heavy (non-hydrogen) atoms. The van der Waals surface area contributed by atoms with Crippen LogP contribution >= 0.6 is 23.4 Å². The molecule has 0 fully saturated rings. The summed E-state index contributed by atoms with van der Waals surface area (Å²) in [5.41, 5.74) is 6.75. The lowest BCUT2D eigenvalue weighted by molar-refractivity contribution is 1.42. The summed E-state index contributed by atoms with van der Waals surface area (Å²) in [6.07, 6.45) is 1.43. The van der Waals surface area contributed by atoms with Crippen LogP contribution in [0.3, 0.4) is 0 Å². The fourth-order valence-corrected chi connectivity index (χ4v) is 1.65. The number of halogens is 1. The summed E-state index contributed by atoms with van der Waals surface area (Å²) in [6, 6.07) is 7.66. The number of amidine groups is 1. The lowest BCUT2D eigenvalue weighted by Crippen LogP contribution is -2.05. The first-order valence-corrected chi connectivity index (χ1v) is 5.40.